The molecule has 0 aliphatic carbocycles. The first-order valence-electron chi connectivity index (χ1n) is 7.39. The zero-order valence-corrected chi connectivity index (χ0v) is 13.4. The molecule has 0 spiro atoms. The van der Waals surface area contributed by atoms with E-state index in [2.05, 4.69) is 26.7 Å². The number of aromatic nitrogens is 2. The lowest BCUT2D eigenvalue weighted by atomic mass is 10.2. The van der Waals surface area contributed by atoms with Crippen molar-refractivity contribution in [1.29, 1.82) is 5.26 Å². The van der Waals surface area contributed by atoms with Crippen molar-refractivity contribution in [2.75, 3.05) is 11.9 Å². The molecule has 23 heavy (non-hydrogen) atoms. The second-order valence-electron chi connectivity index (χ2n) is 5.64. The number of benzene rings is 1. The van der Waals surface area contributed by atoms with Gasteiger partial charge in [0, 0.05) is 17.9 Å². The first-order chi connectivity index (χ1) is 11.0. The Balaban J connectivity index is 2.20. The third-order valence-corrected chi connectivity index (χ3v) is 3.01. The molecule has 0 bridgehead atoms. The van der Waals surface area contributed by atoms with E-state index >= 15 is 0 Å². The highest BCUT2D eigenvalue weighted by Gasteiger charge is 2.11. The van der Waals surface area contributed by atoms with Gasteiger partial charge in [-0.15, -0.1) is 0 Å². The van der Waals surface area contributed by atoms with E-state index in [0.717, 1.165) is 0 Å². The van der Waals surface area contributed by atoms with Gasteiger partial charge in [-0.25, -0.2) is 9.97 Å². The van der Waals surface area contributed by atoms with E-state index in [1.807, 2.05) is 19.9 Å². The molecule has 0 aliphatic heterocycles. The second kappa shape index (κ2) is 7.36. The topological polar surface area (TPSA) is 90.7 Å². The molecule has 2 rings (SSSR count). The highest BCUT2D eigenvalue weighted by molar-refractivity contribution is 5.92. The molecule has 2 aromatic rings. The average molecular weight is 309 g/mol. The van der Waals surface area contributed by atoms with Crippen LogP contribution in [0.2, 0.25) is 0 Å². The van der Waals surface area contributed by atoms with Crippen LogP contribution in [0.15, 0.2) is 30.3 Å². The molecule has 0 saturated carbocycles. The van der Waals surface area contributed by atoms with Gasteiger partial charge in [-0.1, -0.05) is 19.9 Å². The number of carbonyl (C=O) groups is 1. The lowest BCUT2D eigenvalue weighted by molar-refractivity contribution is 0.0944. The maximum Gasteiger partial charge on any atom is 0.270 e. The number of anilines is 2. The predicted molar refractivity (Wildman–Crippen MR) is 88.4 cm³/mol. The first kappa shape index (κ1) is 16.4. The molecule has 118 valence electrons. The van der Waals surface area contributed by atoms with Gasteiger partial charge in [0.15, 0.2) is 0 Å². The highest BCUT2D eigenvalue weighted by atomic mass is 16.1. The lowest BCUT2D eigenvalue weighted by Gasteiger charge is -2.10. The summed E-state index contributed by atoms with van der Waals surface area (Å²) in [7, 11) is 0. The van der Waals surface area contributed by atoms with Crippen LogP contribution in [0.4, 0.5) is 11.6 Å². The van der Waals surface area contributed by atoms with Crippen molar-refractivity contribution in [3.63, 3.8) is 0 Å². The molecule has 0 radical (unpaired) electrons. The molecule has 2 N–H and O–H groups in total. The monoisotopic (exact) mass is 309 g/mol. The van der Waals surface area contributed by atoms with Crippen molar-refractivity contribution >= 4 is 17.5 Å². The van der Waals surface area contributed by atoms with Crippen LogP contribution in [0.25, 0.3) is 0 Å². The summed E-state index contributed by atoms with van der Waals surface area (Å²) in [6, 6.07) is 10.7. The predicted octanol–water partition coefficient (Wildman–Crippen LogP) is 2.79. The number of rotatable bonds is 5. The van der Waals surface area contributed by atoms with Gasteiger partial charge in [0.2, 0.25) is 5.95 Å². The molecular formula is C17H19N5O. The molecule has 0 fully saturated rings. The number of aryl methyl sites for hydroxylation is 1. The number of hydrogen-bond donors (Lipinski definition) is 2. The third-order valence-electron chi connectivity index (χ3n) is 3.01. The number of carbonyl (C=O) groups excluding carboxylic acids is 1. The van der Waals surface area contributed by atoms with E-state index in [0.29, 0.717) is 41.0 Å². The standard InChI is InChI=1S/C17H19N5O/c1-11(2)10-19-16(23)15-7-12(3)20-17(22-15)21-14-6-4-5-13(8-14)9-18/h4-8,11H,10H2,1-3H3,(H,19,23)(H,20,21,22). The zero-order valence-electron chi connectivity index (χ0n) is 13.4. The van der Waals surface area contributed by atoms with Crippen molar-refractivity contribution in [2.24, 2.45) is 5.92 Å². The fourth-order valence-electron chi connectivity index (χ4n) is 1.92. The Morgan fingerprint density at radius 3 is 2.78 bits per heavy atom. The van der Waals surface area contributed by atoms with E-state index in [9.17, 15) is 4.79 Å². The molecule has 6 nitrogen and oxygen atoms in total. The maximum absolute atomic E-state index is 12.1. The van der Waals surface area contributed by atoms with Crippen LogP contribution >= 0.6 is 0 Å². The van der Waals surface area contributed by atoms with Crippen molar-refractivity contribution in [1.82, 2.24) is 15.3 Å². The number of hydrogen-bond acceptors (Lipinski definition) is 5. The summed E-state index contributed by atoms with van der Waals surface area (Å²) in [5.41, 5.74) is 2.24. The fraction of sp³-hybridized carbons (Fsp3) is 0.294. The Morgan fingerprint density at radius 2 is 2.09 bits per heavy atom. The number of nitrogens with zero attached hydrogens (tertiary/aromatic N) is 3. The van der Waals surface area contributed by atoms with Gasteiger partial charge in [0.25, 0.3) is 5.91 Å². The highest BCUT2D eigenvalue weighted by Crippen LogP contribution is 2.15. The van der Waals surface area contributed by atoms with Gasteiger partial charge in [0.1, 0.15) is 5.69 Å². The SMILES string of the molecule is Cc1cc(C(=O)NCC(C)C)nc(Nc2cccc(C#N)c2)n1. The Hall–Kier alpha value is -2.94. The molecule has 1 amide bonds. The number of nitrogens with one attached hydrogen (secondary N) is 2. The van der Waals surface area contributed by atoms with Crippen LogP contribution < -0.4 is 10.6 Å². The Kier molecular flexibility index (Phi) is 5.26. The molecule has 0 atom stereocenters. The largest absolute Gasteiger partial charge is 0.350 e. The number of amides is 1. The van der Waals surface area contributed by atoms with Crippen molar-refractivity contribution < 1.29 is 4.79 Å². The zero-order chi connectivity index (χ0) is 16.8. The maximum atomic E-state index is 12.1. The Labute approximate surface area is 135 Å². The molecule has 0 saturated heterocycles. The van der Waals surface area contributed by atoms with E-state index in [1.54, 1.807) is 31.2 Å². The molecule has 0 unspecified atom stereocenters. The van der Waals surface area contributed by atoms with Crippen molar-refractivity contribution in [3.05, 3.63) is 47.3 Å². The summed E-state index contributed by atoms with van der Waals surface area (Å²) in [6.07, 6.45) is 0. The summed E-state index contributed by atoms with van der Waals surface area (Å²) in [4.78, 5) is 20.7. The molecular weight excluding hydrogens is 290 g/mol. The van der Waals surface area contributed by atoms with Crippen LogP contribution in [-0.4, -0.2) is 22.4 Å². The normalized spacial score (nSPS) is 10.2. The van der Waals surface area contributed by atoms with E-state index in [1.165, 1.54) is 0 Å². The lowest BCUT2D eigenvalue weighted by Crippen LogP contribution is -2.28. The van der Waals surface area contributed by atoms with Crippen molar-refractivity contribution in [3.8, 4) is 6.07 Å². The summed E-state index contributed by atoms with van der Waals surface area (Å²) in [5, 5.41) is 14.8. The molecule has 1 heterocycles. The van der Waals surface area contributed by atoms with Crippen LogP contribution in [0.3, 0.4) is 0 Å². The molecule has 0 aliphatic rings. The van der Waals surface area contributed by atoms with Gasteiger partial charge in [0.05, 0.1) is 11.6 Å². The first-order valence-corrected chi connectivity index (χ1v) is 7.39. The number of nitriles is 1. The minimum absolute atomic E-state index is 0.224. The summed E-state index contributed by atoms with van der Waals surface area (Å²) in [5.74, 6) is 0.473. The minimum atomic E-state index is -0.224. The van der Waals surface area contributed by atoms with Crippen LogP contribution in [-0.2, 0) is 0 Å². The van der Waals surface area contributed by atoms with Crippen LogP contribution in [0.1, 0.15) is 35.6 Å². The van der Waals surface area contributed by atoms with E-state index in [-0.39, 0.29) is 5.91 Å². The fourth-order valence-corrected chi connectivity index (χ4v) is 1.92. The summed E-state index contributed by atoms with van der Waals surface area (Å²) in [6.45, 7) is 6.45. The quantitative estimate of drug-likeness (QED) is 0.886. The van der Waals surface area contributed by atoms with Crippen molar-refractivity contribution in [2.45, 2.75) is 20.8 Å². The Bertz CT molecular complexity index is 749. The molecule has 6 heteroatoms. The van der Waals surface area contributed by atoms with Crippen LogP contribution in [0, 0.1) is 24.2 Å². The van der Waals surface area contributed by atoms with Gasteiger partial charge < -0.3 is 10.6 Å². The van der Waals surface area contributed by atoms with Crippen LogP contribution in [0.5, 0.6) is 0 Å². The van der Waals surface area contributed by atoms with Gasteiger partial charge in [-0.2, -0.15) is 5.26 Å². The molecule has 1 aromatic carbocycles. The van der Waals surface area contributed by atoms with E-state index < -0.39 is 0 Å². The van der Waals surface area contributed by atoms with Gasteiger partial charge in [-0.05, 0) is 37.1 Å². The average Bonchev–Trinajstić information content (AvgIpc) is 2.52. The Morgan fingerprint density at radius 1 is 1.30 bits per heavy atom. The van der Waals surface area contributed by atoms with Gasteiger partial charge in [-0.3, -0.25) is 4.79 Å². The molecule has 1 aromatic heterocycles. The summed E-state index contributed by atoms with van der Waals surface area (Å²) >= 11 is 0. The van der Waals surface area contributed by atoms with Gasteiger partial charge >= 0.3 is 0 Å². The second-order valence-corrected chi connectivity index (χ2v) is 5.64. The minimum Gasteiger partial charge on any atom is -0.350 e. The third kappa shape index (κ3) is 4.78. The van der Waals surface area contributed by atoms with E-state index in [4.69, 9.17) is 5.26 Å². The smallest absolute Gasteiger partial charge is 0.270 e. The summed E-state index contributed by atoms with van der Waals surface area (Å²) < 4.78 is 0.